The van der Waals surface area contributed by atoms with Crippen LogP contribution in [0, 0.1) is 0 Å². The fraction of sp³-hybridized carbons (Fsp3) is 0.333. The lowest BCUT2D eigenvalue weighted by molar-refractivity contribution is -0.113. The summed E-state index contributed by atoms with van der Waals surface area (Å²) in [5, 5.41) is 2.86. The molecule has 0 radical (unpaired) electrons. The third kappa shape index (κ3) is 4.55. The van der Waals surface area contributed by atoms with Crippen LogP contribution in [0.15, 0.2) is 41.0 Å². The number of piperazine rings is 1. The lowest BCUT2D eigenvalue weighted by Gasteiger charge is -2.33. The van der Waals surface area contributed by atoms with Gasteiger partial charge in [-0.1, -0.05) is 23.9 Å². The largest absolute Gasteiger partial charge is 0.354 e. The number of nitrogens with zero attached hydrogens (tertiary/aromatic N) is 5. The van der Waals surface area contributed by atoms with Crippen molar-refractivity contribution in [2.24, 2.45) is 0 Å². The summed E-state index contributed by atoms with van der Waals surface area (Å²) in [5.41, 5.74) is 0.970. The van der Waals surface area contributed by atoms with Gasteiger partial charge in [0.25, 0.3) is 0 Å². The van der Waals surface area contributed by atoms with E-state index in [-0.39, 0.29) is 5.91 Å². The number of anilines is 2. The zero-order valence-electron chi connectivity index (χ0n) is 15.0. The highest BCUT2D eigenvalue weighted by molar-refractivity contribution is 8.01. The van der Waals surface area contributed by atoms with Crippen molar-refractivity contribution in [1.29, 1.82) is 0 Å². The first kappa shape index (κ1) is 18.1. The highest BCUT2D eigenvalue weighted by Gasteiger charge is 2.16. The Hall–Kier alpha value is -2.23. The van der Waals surface area contributed by atoms with Crippen LogP contribution in [0.1, 0.15) is 0 Å². The van der Waals surface area contributed by atoms with Gasteiger partial charge in [-0.05, 0) is 19.2 Å². The number of carbonyl (C=O) groups excluding carboxylic acids is 1. The van der Waals surface area contributed by atoms with E-state index >= 15 is 0 Å². The lowest BCUT2D eigenvalue weighted by atomic mass is 10.3. The zero-order chi connectivity index (χ0) is 18.6. The minimum Gasteiger partial charge on any atom is -0.354 e. The molecule has 1 fully saturated rings. The maximum Gasteiger partial charge on any atom is 0.235 e. The summed E-state index contributed by atoms with van der Waals surface area (Å²) >= 11 is 3.04. The maximum atomic E-state index is 12.3. The van der Waals surface area contributed by atoms with E-state index in [9.17, 15) is 4.79 Å². The molecule has 1 amide bonds. The first-order chi connectivity index (χ1) is 13.2. The molecule has 9 heteroatoms. The second-order valence-electron chi connectivity index (χ2n) is 6.34. The molecule has 0 saturated carbocycles. The van der Waals surface area contributed by atoms with Crippen LogP contribution in [0.5, 0.6) is 0 Å². The number of carbonyl (C=O) groups is 1. The summed E-state index contributed by atoms with van der Waals surface area (Å²) < 4.78 is 2.03. The third-order valence-electron chi connectivity index (χ3n) is 4.35. The lowest BCUT2D eigenvalue weighted by Crippen LogP contribution is -2.44. The maximum absolute atomic E-state index is 12.3. The van der Waals surface area contributed by atoms with Crippen molar-refractivity contribution in [3.8, 4) is 0 Å². The smallest absolute Gasteiger partial charge is 0.235 e. The van der Waals surface area contributed by atoms with Gasteiger partial charge in [0.2, 0.25) is 5.91 Å². The summed E-state index contributed by atoms with van der Waals surface area (Å²) in [5.74, 6) is 1.59. The molecule has 1 aliphatic heterocycles. The summed E-state index contributed by atoms with van der Waals surface area (Å²) in [4.78, 5) is 29.9. The molecule has 4 rings (SSSR count). The van der Waals surface area contributed by atoms with Gasteiger partial charge in [-0.2, -0.15) is 0 Å². The van der Waals surface area contributed by atoms with Crippen molar-refractivity contribution in [3.05, 3.63) is 36.7 Å². The second-order valence-corrected chi connectivity index (χ2v) is 8.59. The molecule has 7 nitrogen and oxygen atoms in total. The summed E-state index contributed by atoms with van der Waals surface area (Å²) in [7, 11) is 2.12. The number of fused-ring (bicyclic) bond motifs is 1. The summed E-state index contributed by atoms with van der Waals surface area (Å²) in [6.45, 7) is 3.86. The first-order valence-corrected chi connectivity index (χ1v) is 10.5. The van der Waals surface area contributed by atoms with E-state index in [0.717, 1.165) is 46.6 Å². The first-order valence-electron chi connectivity index (χ1n) is 8.71. The van der Waals surface area contributed by atoms with Crippen molar-refractivity contribution in [1.82, 2.24) is 19.9 Å². The number of likely N-dealkylation sites (N-methyl/N-ethyl adjacent to an activating group) is 1. The van der Waals surface area contributed by atoms with Gasteiger partial charge in [-0.25, -0.2) is 15.0 Å². The minimum absolute atomic E-state index is 0.0951. The molecule has 1 saturated heterocycles. The third-order valence-corrected chi connectivity index (χ3v) is 6.53. The van der Waals surface area contributed by atoms with Gasteiger partial charge in [0.1, 0.15) is 18.0 Å². The Bertz CT molecular complexity index is 905. The van der Waals surface area contributed by atoms with Gasteiger partial charge in [-0.3, -0.25) is 4.79 Å². The highest BCUT2D eigenvalue weighted by Crippen LogP contribution is 2.29. The van der Waals surface area contributed by atoms with Crippen molar-refractivity contribution in [3.63, 3.8) is 0 Å². The second kappa shape index (κ2) is 8.20. The molecule has 1 N–H and O–H groups in total. The van der Waals surface area contributed by atoms with Gasteiger partial charge < -0.3 is 15.1 Å². The molecule has 1 aliphatic rings. The fourth-order valence-electron chi connectivity index (χ4n) is 2.84. The monoisotopic (exact) mass is 400 g/mol. The van der Waals surface area contributed by atoms with Crippen LogP contribution in [0.4, 0.5) is 11.6 Å². The van der Waals surface area contributed by atoms with Crippen LogP contribution in [-0.4, -0.2) is 64.7 Å². The predicted molar refractivity (Wildman–Crippen MR) is 111 cm³/mol. The normalized spacial score (nSPS) is 15.2. The highest BCUT2D eigenvalue weighted by atomic mass is 32.2. The Morgan fingerprint density at radius 2 is 2.04 bits per heavy atom. The Labute approximate surface area is 165 Å². The molecule has 3 aromatic rings. The Morgan fingerprint density at radius 1 is 1.22 bits per heavy atom. The van der Waals surface area contributed by atoms with E-state index in [1.54, 1.807) is 11.3 Å². The molecule has 0 spiro atoms. The quantitative estimate of drug-likeness (QED) is 0.660. The molecule has 27 heavy (non-hydrogen) atoms. The van der Waals surface area contributed by atoms with E-state index in [2.05, 4.69) is 37.1 Å². The number of hydrogen-bond acceptors (Lipinski definition) is 8. The van der Waals surface area contributed by atoms with E-state index in [4.69, 9.17) is 0 Å². The number of benzene rings is 1. The summed E-state index contributed by atoms with van der Waals surface area (Å²) in [6, 6.07) is 9.82. The number of para-hydroxylation sites is 1. The summed E-state index contributed by atoms with van der Waals surface area (Å²) in [6.07, 6.45) is 1.50. The van der Waals surface area contributed by atoms with Crippen LogP contribution in [0.2, 0.25) is 0 Å². The van der Waals surface area contributed by atoms with Crippen LogP contribution < -0.4 is 10.2 Å². The Kier molecular flexibility index (Phi) is 5.51. The number of rotatable bonds is 5. The van der Waals surface area contributed by atoms with Crippen molar-refractivity contribution < 1.29 is 4.79 Å². The van der Waals surface area contributed by atoms with Crippen LogP contribution in [-0.2, 0) is 4.79 Å². The number of amides is 1. The van der Waals surface area contributed by atoms with Crippen molar-refractivity contribution >= 4 is 50.9 Å². The zero-order valence-corrected chi connectivity index (χ0v) is 16.6. The predicted octanol–water partition coefficient (Wildman–Crippen LogP) is 2.57. The van der Waals surface area contributed by atoms with Crippen LogP contribution in [0.3, 0.4) is 0 Å². The number of hydrogen-bond donors (Lipinski definition) is 1. The van der Waals surface area contributed by atoms with E-state index < -0.39 is 0 Å². The fourth-order valence-corrected chi connectivity index (χ4v) is 4.71. The average Bonchev–Trinajstić information content (AvgIpc) is 3.10. The van der Waals surface area contributed by atoms with E-state index in [1.807, 2.05) is 30.3 Å². The molecule has 2 aromatic heterocycles. The van der Waals surface area contributed by atoms with Gasteiger partial charge in [0.15, 0.2) is 4.34 Å². The number of thioether (sulfide) groups is 1. The van der Waals surface area contributed by atoms with Gasteiger partial charge in [0.05, 0.1) is 16.0 Å². The van der Waals surface area contributed by atoms with Crippen LogP contribution >= 0.6 is 23.1 Å². The van der Waals surface area contributed by atoms with Gasteiger partial charge in [0, 0.05) is 32.2 Å². The molecule has 3 heterocycles. The van der Waals surface area contributed by atoms with E-state index in [0.29, 0.717) is 11.6 Å². The molecular weight excluding hydrogens is 380 g/mol. The van der Waals surface area contributed by atoms with Crippen LogP contribution in [0.25, 0.3) is 10.2 Å². The van der Waals surface area contributed by atoms with Gasteiger partial charge in [-0.15, -0.1) is 11.3 Å². The molecule has 0 aliphatic carbocycles. The van der Waals surface area contributed by atoms with Crippen molar-refractivity contribution in [2.75, 3.05) is 49.2 Å². The Morgan fingerprint density at radius 3 is 2.85 bits per heavy atom. The molecule has 0 unspecified atom stereocenters. The number of thiazole rings is 1. The van der Waals surface area contributed by atoms with E-state index in [1.165, 1.54) is 18.1 Å². The molecular formula is C18H20N6OS2. The SMILES string of the molecule is CN1CCN(c2cc(NC(=O)CSc3nc4ccccc4s3)ncn2)CC1. The molecule has 0 bridgehead atoms. The molecule has 0 atom stereocenters. The topological polar surface area (TPSA) is 74.2 Å². The number of aromatic nitrogens is 3. The molecule has 140 valence electrons. The standard InChI is InChI=1S/C18H20N6OS2/c1-23-6-8-24(9-7-23)16-10-15(19-12-20-16)22-17(25)11-26-18-21-13-4-2-3-5-14(13)27-18/h2-5,10,12H,6-9,11H2,1H3,(H,19,20,22,25). The molecule has 1 aromatic carbocycles. The van der Waals surface area contributed by atoms with Gasteiger partial charge >= 0.3 is 0 Å². The van der Waals surface area contributed by atoms with Crippen molar-refractivity contribution in [2.45, 2.75) is 4.34 Å². The Balaban J connectivity index is 1.34. The average molecular weight is 401 g/mol. The number of nitrogens with one attached hydrogen (secondary N) is 1. The minimum atomic E-state index is -0.0951.